The van der Waals surface area contributed by atoms with Crippen molar-refractivity contribution in [1.82, 2.24) is 9.55 Å². The summed E-state index contributed by atoms with van der Waals surface area (Å²) in [6.45, 7) is 3.81. The summed E-state index contributed by atoms with van der Waals surface area (Å²) in [7, 11) is 0. The Morgan fingerprint density at radius 1 is 1.20 bits per heavy atom. The molecule has 6 heteroatoms. The van der Waals surface area contributed by atoms with Gasteiger partial charge in [-0.15, -0.1) is 0 Å². The minimum absolute atomic E-state index is 0.0793. The zero-order valence-corrected chi connectivity index (χ0v) is 12.6. The zero-order chi connectivity index (χ0) is 14.9. The number of aromatic amines is 1. The van der Waals surface area contributed by atoms with Gasteiger partial charge in [-0.3, -0.25) is 14.3 Å². The second-order valence-electron chi connectivity index (χ2n) is 4.80. The van der Waals surface area contributed by atoms with Crippen molar-refractivity contribution in [2.24, 2.45) is 0 Å². The maximum absolute atomic E-state index is 12.4. The van der Waals surface area contributed by atoms with Crippen molar-refractivity contribution in [2.45, 2.75) is 26.3 Å². The van der Waals surface area contributed by atoms with E-state index in [1.54, 1.807) is 24.3 Å². The van der Waals surface area contributed by atoms with E-state index in [1.165, 1.54) is 0 Å². The standard InChI is InChI=1S/C14H14Cl2N2O2/c1-8(2)11-12(16)17-14(20)18(13(11)19)7-9-5-3-4-6-10(9)15/h3-6,8H,7H2,1-2H3,(H,17,20). The molecule has 106 valence electrons. The molecule has 0 aliphatic heterocycles. The van der Waals surface area contributed by atoms with Crippen LogP contribution in [0.5, 0.6) is 0 Å². The van der Waals surface area contributed by atoms with Gasteiger partial charge in [0.2, 0.25) is 0 Å². The van der Waals surface area contributed by atoms with Crippen molar-refractivity contribution in [3.05, 3.63) is 66.4 Å². The second kappa shape index (κ2) is 5.85. The second-order valence-corrected chi connectivity index (χ2v) is 5.58. The number of halogens is 2. The van der Waals surface area contributed by atoms with E-state index in [1.807, 2.05) is 13.8 Å². The summed E-state index contributed by atoms with van der Waals surface area (Å²) in [6, 6.07) is 7.09. The maximum Gasteiger partial charge on any atom is 0.329 e. The van der Waals surface area contributed by atoms with Crippen LogP contribution in [0.3, 0.4) is 0 Å². The van der Waals surface area contributed by atoms with Gasteiger partial charge < -0.3 is 0 Å². The van der Waals surface area contributed by atoms with Gasteiger partial charge in [0.1, 0.15) is 5.15 Å². The first-order valence-electron chi connectivity index (χ1n) is 6.17. The van der Waals surface area contributed by atoms with Gasteiger partial charge in [0, 0.05) is 5.02 Å². The van der Waals surface area contributed by atoms with Crippen LogP contribution in [0.15, 0.2) is 33.9 Å². The summed E-state index contributed by atoms with van der Waals surface area (Å²) in [4.78, 5) is 26.8. The van der Waals surface area contributed by atoms with Crippen LogP contribution >= 0.6 is 23.2 Å². The topological polar surface area (TPSA) is 54.9 Å². The van der Waals surface area contributed by atoms with Crippen molar-refractivity contribution in [3.8, 4) is 0 Å². The first-order chi connectivity index (χ1) is 9.41. The molecule has 0 amide bonds. The number of rotatable bonds is 3. The van der Waals surface area contributed by atoms with Crippen LogP contribution in [0.25, 0.3) is 0 Å². The lowest BCUT2D eigenvalue weighted by Crippen LogP contribution is -2.38. The van der Waals surface area contributed by atoms with Gasteiger partial charge in [-0.1, -0.05) is 55.2 Å². The van der Waals surface area contributed by atoms with E-state index in [0.717, 1.165) is 4.57 Å². The molecule has 2 rings (SSSR count). The van der Waals surface area contributed by atoms with Crippen LogP contribution in [0.1, 0.15) is 30.9 Å². The Labute approximate surface area is 126 Å². The number of benzene rings is 1. The van der Waals surface area contributed by atoms with Gasteiger partial charge in [-0.05, 0) is 17.5 Å². The highest BCUT2D eigenvalue weighted by Crippen LogP contribution is 2.18. The molecule has 0 radical (unpaired) electrons. The van der Waals surface area contributed by atoms with Crippen LogP contribution in [-0.2, 0) is 6.54 Å². The van der Waals surface area contributed by atoms with Gasteiger partial charge in [0.05, 0.1) is 12.1 Å². The smallest absolute Gasteiger partial charge is 0.297 e. The average Bonchev–Trinajstić information content (AvgIpc) is 2.35. The number of H-pyrrole nitrogens is 1. The molecular formula is C14H14Cl2N2O2. The number of hydrogen-bond donors (Lipinski definition) is 1. The lowest BCUT2D eigenvalue weighted by molar-refractivity contribution is 0.670. The van der Waals surface area contributed by atoms with Gasteiger partial charge >= 0.3 is 5.69 Å². The minimum Gasteiger partial charge on any atom is -0.297 e. The number of hydrogen-bond acceptors (Lipinski definition) is 2. The molecule has 1 aromatic heterocycles. The molecule has 1 heterocycles. The van der Waals surface area contributed by atoms with Crippen LogP contribution in [0, 0.1) is 0 Å². The molecule has 1 N–H and O–H groups in total. The van der Waals surface area contributed by atoms with Crippen LogP contribution in [0.2, 0.25) is 10.2 Å². The predicted molar refractivity (Wildman–Crippen MR) is 81.0 cm³/mol. The third kappa shape index (κ3) is 2.81. The van der Waals surface area contributed by atoms with Gasteiger partial charge in [-0.2, -0.15) is 0 Å². The molecule has 2 aromatic rings. The van der Waals surface area contributed by atoms with Gasteiger partial charge in [-0.25, -0.2) is 4.79 Å². The third-order valence-corrected chi connectivity index (χ3v) is 3.70. The summed E-state index contributed by atoms with van der Waals surface area (Å²) >= 11 is 12.0. The zero-order valence-electron chi connectivity index (χ0n) is 11.1. The molecule has 0 spiro atoms. The molecule has 0 saturated heterocycles. The monoisotopic (exact) mass is 312 g/mol. The van der Waals surface area contributed by atoms with E-state index in [9.17, 15) is 9.59 Å². The fourth-order valence-corrected chi connectivity index (χ4v) is 2.58. The van der Waals surface area contributed by atoms with Crippen molar-refractivity contribution < 1.29 is 0 Å². The van der Waals surface area contributed by atoms with Crippen molar-refractivity contribution in [1.29, 1.82) is 0 Å². The lowest BCUT2D eigenvalue weighted by Gasteiger charge is -2.11. The summed E-state index contributed by atoms with van der Waals surface area (Å²) in [5.74, 6) is -0.0793. The molecule has 0 fully saturated rings. The summed E-state index contributed by atoms with van der Waals surface area (Å²) in [6.07, 6.45) is 0. The maximum atomic E-state index is 12.4. The molecule has 1 aromatic carbocycles. The third-order valence-electron chi connectivity index (χ3n) is 3.04. The fourth-order valence-electron chi connectivity index (χ4n) is 2.00. The first kappa shape index (κ1) is 14.9. The molecule has 0 atom stereocenters. The van der Waals surface area contributed by atoms with Crippen molar-refractivity contribution in [2.75, 3.05) is 0 Å². The Hall–Kier alpha value is -1.52. The number of nitrogens with zero attached hydrogens (tertiary/aromatic N) is 1. The van der Waals surface area contributed by atoms with E-state index in [2.05, 4.69) is 4.98 Å². The normalized spacial score (nSPS) is 11.1. The summed E-state index contributed by atoms with van der Waals surface area (Å²) < 4.78 is 1.11. The Bertz CT molecular complexity index is 748. The Kier molecular flexibility index (Phi) is 4.35. The highest BCUT2D eigenvalue weighted by atomic mass is 35.5. The van der Waals surface area contributed by atoms with E-state index >= 15 is 0 Å². The molecule has 0 aliphatic rings. The largest absolute Gasteiger partial charge is 0.329 e. The van der Waals surface area contributed by atoms with Crippen LogP contribution in [0.4, 0.5) is 0 Å². The number of aromatic nitrogens is 2. The van der Waals surface area contributed by atoms with E-state index < -0.39 is 5.69 Å². The Morgan fingerprint density at radius 3 is 2.45 bits per heavy atom. The first-order valence-corrected chi connectivity index (χ1v) is 6.93. The molecule has 20 heavy (non-hydrogen) atoms. The van der Waals surface area contributed by atoms with E-state index in [0.29, 0.717) is 16.1 Å². The van der Waals surface area contributed by atoms with E-state index in [4.69, 9.17) is 23.2 Å². The van der Waals surface area contributed by atoms with Gasteiger partial charge in [0.25, 0.3) is 5.56 Å². The number of nitrogens with one attached hydrogen (secondary N) is 1. The minimum atomic E-state index is -0.538. The Morgan fingerprint density at radius 2 is 1.85 bits per heavy atom. The molecule has 0 unspecified atom stereocenters. The fraction of sp³-hybridized carbons (Fsp3) is 0.286. The Balaban J connectivity index is 2.59. The molecule has 0 aliphatic carbocycles. The summed E-state index contributed by atoms with van der Waals surface area (Å²) in [5.41, 5.74) is 0.190. The molecule has 0 bridgehead atoms. The van der Waals surface area contributed by atoms with Crippen LogP contribution < -0.4 is 11.2 Å². The lowest BCUT2D eigenvalue weighted by atomic mass is 10.1. The van der Waals surface area contributed by atoms with Crippen molar-refractivity contribution >= 4 is 23.2 Å². The van der Waals surface area contributed by atoms with Gasteiger partial charge in [0.15, 0.2) is 0 Å². The van der Waals surface area contributed by atoms with E-state index in [-0.39, 0.29) is 23.2 Å². The van der Waals surface area contributed by atoms with Crippen molar-refractivity contribution in [3.63, 3.8) is 0 Å². The predicted octanol–water partition coefficient (Wildman–Crippen LogP) is 3.02. The summed E-state index contributed by atoms with van der Waals surface area (Å²) in [5, 5.41) is 0.616. The van der Waals surface area contributed by atoms with Crippen LogP contribution in [-0.4, -0.2) is 9.55 Å². The average molecular weight is 313 g/mol. The SMILES string of the molecule is CC(C)c1c(Cl)[nH]c(=O)n(Cc2ccccc2Cl)c1=O. The molecule has 4 nitrogen and oxygen atoms in total. The molecular weight excluding hydrogens is 299 g/mol. The highest BCUT2D eigenvalue weighted by molar-refractivity contribution is 6.31. The molecule has 0 saturated carbocycles. The highest BCUT2D eigenvalue weighted by Gasteiger charge is 2.16. The quantitative estimate of drug-likeness (QED) is 0.886.